The molecule has 0 saturated carbocycles. The van der Waals surface area contributed by atoms with Gasteiger partial charge >= 0.3 is 0 Å². The Morgan fingerprint density at radius 3 is 2.54 bits per heavy atom. The minimum atomic E-state index is -1.03. The number of aryl methyl sites for hydroxylation is 1. The molecule has 1 unspecified atom stereocenters. The zero-order chi connectivity index (χ0) is 9.68. The van der Waals surface area contributed by atoms with Crippen LogP contribution in [-0.2, 0) is 0 Å². The van der Waals surface area contributed by atoms with E-state index >= 15 is 0 Å². The SMILES string of the molecule is Cc1ccc(OCC(O)CF)cc1. The summed E-state index contributed by atoms with van der Waals surface area (Å²) in [5, 5.41) is 8.87. The molecule has 0 saturated heterocycles. The molecule has 0 aliphatic carbocycles. The molecule has 0 aromatic heterocycles. The molecule has 0 aliphatic heterocycles. The Kier molecular flexibility index (Phi) is 3.71. The van der Waals surface area contributed by atoms with E-state index in [0.717, 1.165) is 5.56 Å². The maximum atomic E-state index is 11.8. The third kappa shape index (κ3) is 3.42. The summed E-state index contributed by atoms with van der Waals surface area (Å²) in [5.74, 6) is 0.651. The minimum absolute atomic E-state index is 0.000436. The van der Waals surface area contributed by atoms with Crippen LogP contribution in [0.1, 0.15) is 5.56 Å². The summed E-state index contributed by atoms with van der Waals surface area (Å²) in [6.07, 6.45) is -1.03. The van der Waals surface area contributed by atoms with E-state index in [-0.39, 0.29) is 6.61 Å². The standard InChI is InChI=1S/C10H13FO2/c1-8-2-4-10(5-3-8)13-7-9(12)6-11/h2-5,9,12H,6-7H2,1H3. The first-order valence-electron chi connectivity index (χ1n) is 4.16. The molecule has 0 amide bonds. The second-order valence-electron chi connectivity index (χ2n) is 2.93. The quantitative estimate of drug-likeness (QED) is 0.771. The van der Waals surface area contributed by atoms with Crippen molar-refractivity contribution in [3.05, 3.63) is 29.8 Å². The molecule has 0 fully saturated rings. The van der Waals surface area contributed by atoms with Gasteiger partial charge in [0.05, 0.1) is 0 Å². The Labute approximate surface area is 77.0 Å². The summed E-state index contributed by atoms with van der Waals surface area (Å²) in [7, 11) is 0. The number of aliphatic hydroxyl groups is 1. The third-order valence-corrected chi connectivity index (χ3v) is 1.64. The molecular weight excluding hydrogens is 171 g/mol. The molecule has 1 rings (SSSR count). The lowest BCUT2D eigenvalue weighted by atomic mass is 10.2. The van der Waals surface area contributed by atoms with Crippen molar-refractivity contribution in [3.63, 3.8) is 0 Å². The number of hydrogen-bond donors (Lipinski definition) is 1. The number of hydrogen-bond acceptors (Lipinski definition) is 2. The molecule has 13 heavy (non-hydrogen) atoms. The Morgan fingerprint density at radius 2 is 2.00 bits per heavy atom. The van der Waals surface area contributed by atoms with Crippen molar-refractivity contribution in [1.82, 2.24) is 0 Å². The van der Waals surface area contributed by atoms with Gasteiger partial charge < -0.3 is 9.84 Å². The van der Waals surface area contributed by atoms with Crippen molar-refractivity contribution in [3.8, 4) is 5.75 Å². The van der Waals surface area contributed by atoms with Gasteiger partial charge in [0.15, 0.2) is 0 Å². The molecule has 0 aliphatic rings. The van der Waals surface area contributed by atoms with Crippen LogP contribution in [0.25, 0.3) is 0 Å². The van der Waals surface area contributed by atoms with Crippen molar-refractivity contribution in [1.29, 1.82) is 0 Å². The highest BCUT2D eigenvalue weighted by atomic mass is 19.1. The average molecular weight is 184 g/mol. The van der Waals surface area contributed by atoms with Crippen LogP contribution in [0.4, 0.5) is 4.39 Å². The fraction of sp³-hybridized carbons (Fsp3) is 0.400. The van der Waals surface area contributed by atoms with Crippen molar-refractivity contribution in [2.45, 2.75) is 13.0 Å². The van der Waals surface area contributed by atoms with E-state index in [0.29, 0.717) is 5.75 Å². The normalized spacial score (nSPS) is 12.5. The van der Waals surface area contributed by atoms with Gasteiger partial charge in [0, 0.05) is 0 Å². The Balaban J connectivity index is 2.41. The lowest BCUT2D eigenvalue weighted by molar-refractivity contribution is 0.0842. The van der Waals surface area contributed by atoms with Crippen LogP contribution in [0.5, 0.6) is 5.75 Å². The number of ether oxygens (including phenoxy) is 1. The minimum Gasteiger partial charge on any atom is -0.491 e. The molecule has 0 bridgehead atoms. The highest BCUT2D eigenvalue weighted by molar-refractivity contribution is 5.26. The van der Waals surface area contributed by atoms with Crippen molar-refractivity contribution in [2.75, 3.05) is 13.3 Å². The van der Waals surface area contributed by atoms with Crippen LogP contribution in [0.3, 0.4) is 0 Å². The van der Waals surface area contributed by atoms with E-state index in [1.807, 2.05) is 19.1 Å². The van der Waals surface area contributed by atoms with E-state index in [1.165, 1.54) is 0 Å². The summed E-state index contributed by atoms with van der Waals surface area (Å²) in [6, 6.07) is 7.38. The monoisotopic (exact) mass is 184 g/mol. The first kappa shape index (κ1) is 9.99. The molecular formula is C10H13FO2. The number of benzene rings is 1. The molecule has 0 spiro atoms. The average Bonchev–Trinajstić information content (AvgIpc) is 2.16. The Hall–Kier alpha value is -1.09. The van der Waals surface area contributed by atoms with Crippen LogP contribution >= 0.6 is 0 Å². The van der Waals surface area contributed by atoms with Crippen LogP contribution in [-0.4, -0.2) is 24.5 Å². The van der Waals surface area contributed by atoms with Gasteiger partial charge in [-0.3, -0.25) is 0 Å². The van der Waals surface area contributed by atoms with Crippen LogP contribution in [0.2, 0.25) is 0 Å². The summed E-state index contributed by atoms with van der Waals surface area (Å²) in [5.41, 5.74) is 1.14. The Bertz CT molecular complexity index is 246. The first-order valence-corrected chi connectivity index (χ1v) is 4.16. The lowest BCUT2D eigenvalue weighted by Gasteiger charge is -2.08. The Morgan fingerprint density at radius 1 is 1.38 bits per heavy atom. The fourth-order valence-electron chi connectivity index (χ4n) is 0.871. The van der Waals surface area contributed by atoms with Gasteiger partial charge in [-0.15, -0.1) is 0 Å². The predicted molar refractivity (Wildman–Crippen MR) is 48.7 cm³/mol. The van der Waals surface area contributed by atoms with Gasteiger partial charge in [-0.2, -0.15) is 0 Å². The maximum Gasteiger partial charge on any atom is 0.119 e. The topological polar surface area (TPSA) is 29.5 Å². The van der Waals surface area contributed by atoms with Gasteiger partial charge in [-0.25, -0.2) is 4.39 Å². The van der Waals surface area contributed by atoms with Gasteiger partial charge in [0.25, 0.3) is 0 Å². The maximum absolute atomic E-state index is 11.8. The number of aliphatic hydroxyl groups excluding tert-OH is 1. The van der Waals surface area contributed by atoms with E-state index in [2.05, 4.69) is 0 Å². The number of alkyl halides is 1. The summed E-state index contributed by atoms with van der Waals surface area (Å²) in [6.45, 7) is 1.20. The molecule has 1 N–H and O–H groups in total. The third-order valence-electron chi connectivity index (χ3n) is 1.64. The van der Waals surface area contributed by atoms with Crippen molar-refractivity contribution < 1.29 is 14.2 Å². The largest absolute Gasteiger partial charge is 0.491 e. The fourth-order valence-corrected chi connectivity index (χ4v) is 0.871. The molecule has 1 aromatic rings. The molecule has 0 radical (unpaired) electrons. The zero-order valence-corrected chi connectivity index (χ0v) is 7.53. The van der Waals surface area contributed by atoms with Gasteiger partial charge in [-0.05, 0) is 19.1 Å². The predicted octanol–water partition coefficient (Wildman–Crippen LogP) is 1.70. The van der Waals surface area contributed by atoms with Gasteiger partial charge in [-0.1, -0.05) is 17.7 Å². The van der Waals surface area contributed by atoms with Crippen molar-refractivity contribution >= 4 is 0 Å². The second-order valence-corrected chi connectivity index (χ2v) is 2.93. The van der Waals surface area contributed by atoms with E-state index in [9.17, 15) is 4.39 Å². The summed E-state index contributed by atoms with van der Waals surface area (Å²) in [4.78, 5) is 0. The number of rotatable bonds is 4. The smallest absolute Gasteiger partial charge is 0.119 e. The van der Waals surface area contributed by atoms with Crippen LogP contribution < -0.4 is 4.74 Å². The van der Waals surface area contributed by atoms with Crippen LogP contribution in [0, 0.1) is 6.92 Å². The van der Waals surface area contributed by atoms with E-state index < -0.39 is 12.8 Å². The second kappa shape index (κ2) is 4.82. The molecule has 1 aromatic carbocycles. The van der Waals surface area contributed by atoms with Crippen LogP contribution in [0.15, 0.2) is 24.3 Å². The van der Waals surface area contributed by atoms with Gasteiger partial charge in [0.2, 0.25) is 0 Å². The highest BCUT2D eigenvalue weighted by Gasteiger charge is 2.03. The van der Waals surface area contributed by atoms with Crippen molar-refractivity contribution in [2.24, 2.45) is 0 Å². The van der Waals surface area contributed by atoms with E-state index in [4.69, 9.17) is 9.84 Å². The molecule has 2 nitrogen and oxygen atoms in total. The summed E-state index contributed by atoms with van der Waals surface area (Å²) >= 11 is 0. The summed E-state index contributed by atoms with van der Waals surface area (Å²) < 4.78 is 16.9. The van der Waals surface area contributed by atoms with Gasteiger partial charge in [0.1, 0.15) is 25.1 Å². The first-order chi connectivity index (χ1) is 6.22. The molecule has 72 valence electrons. The molecule has 3 heteroatoms. The number of halogens is 1. The molecule has 0 heterocycles. The molecule has 1 atom stereocenters. The zero-order valence-electron chi connectivity index (χ0n) is 7.53. The lowest BCUT2D eigenvalue weighted by Crippen LogP contribution is -2.19. The van der Waals surface area contributed by atoms with E-state index in [1.54, 1.807) is 12.1 Å². The highest BCUT2D eigenvalue weighted by Crippen LogP contribution is 2.11.